The normalized spacial score (nSPS) is 21.4. The van der Waals surface area contributed by atoms with E-state index in [1.54, 1.807) is 68.6 Å². The highest BCUT2D eigenvalue weighted by Gasteiger charge is 2.25. The summed E-state index contributed by atoms with van der Waals surface area (Å²) in [6.07, 6.45) is -0.117. The van der Waals surface area contributed by atoms with Gasteiger partial charge < -0.3 is 35.1 Å². The molecule has 3 rings (SSSR count). The Kier molecular flexibility index (Phi) is 8.72. The number of ether oxygens (including phenoxy) is 3. The first-order chi connectivity index (χ1) is 16.3. The van der Waals surface area contributed by atoms with E-state index in [1.165, 1.54) is 0 Å². The van der Waals surface area contributed by atoms with Gasteiger partial charge in [-0.15, -0.1) is 0 Å². The summed E-state index contributed by atoms with van der Waals surface area (Å²) in [6, 6.07) is 11.7. The van der Waals surface area contributed by atoms with E-state index in [9.17, 15) is 9.59 Å². The maximum absolute atomic E-state index is 13.3. The first-order valence-corrected chi connectivity index (χ1v) is 11.3. The highest BCUT2D eigenvalue weighted by molar-refractivity contribution is 6.02. The number of benzene rings is 2. The molecular formula is C25H34N4O5. The zero-order valence-electron chi connectivity index (χ0n) is 20.4. The van der Waals surface area contributed by atoms with Gasteiger partial charge in [-0.1, -0.05) is 6.92 Å². The van der Waals surface area contributed by atoms with Gasteiger partial charge in [0.05, 0.1) is 18.8 Å². The van der Waals surface area contributed by atoms with E-state index in [2.05, 4.69) is 22.9 Å². The smallest absolute Gasteiger partial charge is 0.323 e. The molecule has 34 heavy (non-hydrogen) atoms. The van der Waals surface area contributed by atoms with Crippen molar-refractivity contribution in [3.8, 4) is 11.5 Å². The Morgan fingerprint density at radius 3 is 2.44 bits per heavy atom. The SMILES string of the molecule is COc1ccc(NC(=O)Nc2ccc3c(c2)C(=O)N(C)C[C@@H](OC)[C@H](C)CN[C@@H](C)CO3)cc1. The molecule has 1 aliphatic heterocycles. The van der Waals surface area contributed by atoms with Crippen molar-refractivity contribution in [3.05, 3.63) is 48.0 Å². The lowest BCUT2D eigenvalue weighted by Crippen LogP contribution is -2.44. The molecule has 9 heteroatoms. The van der Waals surface area contributed by atoms with Gasteiger partial charge in [0.1, 0.15) is 18.1 Å². The highest BCUT2D eigenvalue weighted by Crippen LogP contribution is 2.26. The summed E-state index contributed by atoms with van der Waals surface area (Å²) in [5, 5.41) is 9.00. The summed E-state index contributed by atoms with van der Waals surface area (Å²) < 4.78 is 16.8. The van der Waals surface area contributed by atoms with Gasteiger partial charge in [-0.25, -0.2) is 4.79 Å². The quantitative estimate of drug-likeness (QED) is 0.633. The van der Waals surface area contributed by atoms with Gasteiger partial charge in [-0.2, -0.15) is 0 Å². The molecule has 0 unspecified atom stereocenters. The number of hydrogen-bond acceptors (Lipinski definition) is 6. The Balaban J connectivity index is 1.79. The topological polar surface area (TPSA) is 101 Å². The van der Waals surface area contributed by atoms with Crippen LogP contribution in [-0.4, -0.2) is 69.9 Å². The Morgan fingerprint density at radius 1 is 1.09 bits per heavy atom. The first-order valence-electron chi connectivity index (χ1n) is 11.3. The van der Waals surface area contributed by atoms with E-state index in [0.717, 1.165) is 6.54 Å². The van der Waals surface area contributed by atoms with Crippen LogP contribution in [0.25, 0.3) is 0 Å². The van der Waals surface area contributed by atoms with Gasteiger partial charge in [-0.3, -0.25) is 4.79 Å². The Morgan fingerprint density at radius 2 is 1.76 bits per heavy atom. The van der Waals surface area contributed by atoms with Crippen molar-refractivity contribution in [2.75, 3.05) is 51.6 Å². The number of likely N-dealkylation sites (N-methyl/N-ethyl adjacent to an activating group) is 1. The second-order valence-corrected chi connectivity index (χ2v) is 8.58. The van der Waals surface area contributed by atoms with Crippen LogP contribution in [0.15, 0.2) is 42.5 Å². The molecule has 3 N–H and O–H groups in total. The molecule has 1 aliphatic rings. The second kappa shape index (κ2) is 11.7. The molecule has 184 valence electrons. The molecule has 1 heterocycles. The van der Waals surface area contributed by atoms with Crippen LogP contribution < -0.4 is 25.4 Å². The molecule has 0 aliphatic carbocycles. The molecule has 0 radical (unpaired) electrons. The van der Waals surface area contributed by atoms with E-state index in [-0.39, 0.29) is 24.0 Å². The number of methoxy groups -OCH3 is 2. The molecule has 0 saturated carbocycles. The van der Waals surface area contributed by atoms with Crippen LogP contribution in [0.4, 0.5) is 16.2 Å². The molecule has 3 atom stereocenters. The number of nitrogens with one attached hydrogen (secondary N) is 3. The summed E-state index contributed by atoms with van der Waals surface area (Å²) >= 11 is 0. The number of urea groups is 1. The van der Waals surface area contributed by atoms with Crippen LogP contribution in [-0.2, 0) is 4.74 Å². The molecule has 0 aromatic heterocycles. The van der Waals surface area contributed by atoms with E-state index in [1.807, 2.05) is 6.92 Å². The van der Waals surface area contributed by atoms with Gasteiger partial charge in [0.25, 0.3) is 5.91 Å². The van der Waals surface area contributed by atoms with Crippen molar-refractivity contribution in [2.24, 2.45) is 5.92 Å². The third-order valence-electron chi connectivity index (χ3n) is 5.83. The highest BCUT2D eigenvalue weighted by atomic mass is 16.5. The number of amides is 3. The lowest BCUT2D eigenvalue weighted by molar-refractivity contribution is 0.0281. The second-order valence-electron chi connectivity index (χ2n) is 8.58. The van der Waals surface area contributed by atoms with E-state index < -0.39 is 6.03 Å². The average Bonchev–Trinajstić information content (AvgIpc) is 2.84. The number of rotatable bonds is 4. The maximum Gasteiger partial charge on any atom is 0.323 e. The number of carbonyl (C=O) groups excluding carboxylic acids is 2. The fraction of sp³-hybridized carbons (Fsp3) is 0.440. The number of carbonyl (C=O) groups is 2. The Labute approximate surface area is 200 Å². The third kappa shape index (κ3) is 6.61. The average molecular weight is 471 g/mol. The Bertz CT molecular complexity index is 982. The maximum atomic E-state index is 13.3. The fourth-order valence-corrected chi connectivity index (χ4v) is 3.71. The summed E-state index contributed by atoms with van der Waals surface area (Å²) in [5.74, 6) is 1.17. The van der Waals surface area contributed by atoms with Crippen molar-refractivity contribution in [1.29, 1.82) is 0 Å². The predicted octanol–water partition coefficient (Wildman–Crippen LogP) is 3.43. The molecule has 9 nitrogen and oxygen atoms in total. The minimum absolute atomic E-state index is 0.0909. The van der Waals surface area contributed by atoms with Crippen molar-refractivity contribution in [1.82, 2.24) is 10.2 Å². The van der Waals surface area contributed by atoms with Crippen LogP contribution in [0, 0.1) is 5.92 Å². The van der Waals surface area contributed by atoms with Gasteiger partial charge >= 0.3 is 6.03 Å². The standard InChI is InChI=1S/C25H34N4O5/c1-16-13-26-17(2)15-34-22-11-8-19(12-21(22)24(30)29(3)14-23(16)33-5)28-25(31)27-18-6-9-20(32-4)10-7-18/h6-12,16-17,23,26H,13-15H2,1-5H3,(H2,27,28,31)/t16-,17+,23-/m1/s1. The van der Waals surface area contributed by atoms with Crippen molar-refractivity contribution >= 4 is 23.3 Å². The van der Waals surface area contributed by atoms with Crippen LogP contribution in [0.3, 0.4) is 0 Å². The number of nitrogens with zero attached hydrogens (tertiary/aromatic N) is 1. The van der Waals surface area contributed by atoms with Crippen LogP contribution in [0.5, 0.6) is 11.5 Å². The van der Waals surface area contributed by atoms with Gasteiger partial charge in [0.15, 0.2) is 0 Å². The van der Waals surface area contributed by atoms with E-state index >= 15 is 0 Å². The zero-order valence-corrected chi connectivity index (χ0v) is 20.4. The molecule has 3 amide bonds. The number of hydrogen-bond donors (Lipinski definition) is 3. The van der Waals surface area contributed by atoms with Crippen molar-refractivity contribution in [3.63, 3.8) is 0 Å². The third-order valence-corrected chi connectivity index (χ3v) is 5.83. The molecule has 2 aromatic carbocycles. The number of anilines is 2. The zero-order chi connectivity index (χ0) is 24.7. The fourth-order valence-electron chi connectivity index (χ4n) is 3.71. The monoisotopic (exact) mass is 470 g/mol. The van der Waals surface area contributed by atoms with Crippen molar-refractivity contribution < 1.29 is 23.8 Å². The van der Waals surface area contributed by atoms with E-state index in [0.29, 0.717) is 41.6 Å². The van der Waals surface area contributed by atoms with Gasteiger partial charge in [0, 0.05) is 44.7 Å². The lowest BCUT2D eigenvalue weighted by atomic mass is 10.0. The Hall–Kier alpha value is -3.30. The summed E-state index contributed by atoms with van der Waals surface area (Å²) in [4.78, 5) is 27.5. The molecule has 2 aromatic rings. The van der Waals surface area contributed by atoms with Crippen LogP contribution in [0.1, 0.15) is 24.2 Å². The number of fused-ring (bicyclic) bond motifs is 1. The minimum Gasteiger partial charge on any atom is -0.497 e. The van der Waals surface area contributed by atoms with Crippen LogP contribution in [0.2, 0.25) is 0 Å². The van der Waals surface area contributed by atoms with Gasteiger partial charge in [-0.05, 0) is 55.3 Å². The van der Waals surface area contributed by atoms with Gasteiger partial charge in [0.2, 0.25) is 0 Å². The van der Waals surface area contributed by atoms with Crippen molar-refractivity contribution in [2.45, 2.75) is 26.0 Å². The largest absolute Gasteiger partial charge is 0.497 e. The first kappa shape index (κ1) is 25.3. The van der Waals surface area contributed by atoms with E-state index in [4.69, 9.17) is 14.2 Å². The molecule has 0 bridgehead atoms. The molecule has 0 spiro atoms. The lowest BCUT2D eigenvalue weighted by Gasteiger charge is -2.30. The molecule has 0 saturated heterocycles. The van der Waals surface area contributed by atoms with Crippen LogP contribution >= 0.6 is 0 Å². The molecule has 0 fully saturated rings. The summed E-state index contributed by atoms with van der Waals surface area (Å²) in [7, 11) is 4.98. The minimum atomic E-state index is -0.425. The molecular weight excluding hydrogens is 436 g/mol. The summed E-state index contributed by atoms with van der Waals surface area (Å²) in [6.45, 7) is 5.72. The predicted molar refractivity (Wildman–Crippen MR) is 132 cm³/mol. The summed E-state index contributed by atoms with van der Waals surface area (Å²) in [5.41, 5.74) is 1.47.